The monoisotopic (exact) mass is 303 g/mol. The molecule has 1 atom stereocenters. The average molecular weight is 304 g/mol. The lowest BCUT2D eigenvalue weighted by Gasteiger charge is -2.12. The van der Waals surface area contributed by atoms with E-state index in [0.717, 1.165) is 16.1 Å². The highest BCUT2D eigenvalue weighted by Crippen LogP contribution is 2.31. The molecule has 0 saturated carbocycles. The van der Waals surface area contributed by atoms with E-state index in [9.17, 15) is 8.78 Å². The van der Waals surface area contributed by atoms with Crippen molar-refractivity contribution >= 4 is 27.3 Å². The van der Waals surface area contributed by atoms with E-state index in [2.05, 4.69) is 15.9 Å². The number of nitrogens with two attached hydrogens (primary N) is 1. The van der Waals surface area contributed by atoms with Gasteiger partial charge >= 0.3 is 0 Å². The second kappa shape index (κ2) is 4.61. The maximum Gasteiger partial charge on any atom is 0.131 e. The van der Waals surface area contributed by atoms with Crippen molar-refractivity contribution in [3.8, 4) is 0 Å². The summed E-state index contributed by atoms with van der Waals surface area (Å²) in [7, 11) is 0. The molecule has 0 spiro atoms. The van der Waals surface area contributed by atoms with Gasteiger partial charge in [0.05, 0.1) is 6.04 Å². The third-order valence-electron chi connectivity index (χ3n) is 2.27. The van der Waals surface area contributed by atoms with Crippen LogP contribution in [0.1, 0.15) is 17.2 Å². The van der Waals surface area contributed by atoms with E-state index >= 15 is 0 Å². The molecule has 2 N–H and O–H groups in total. The van der Waals surface area contributed by atoms with Gasteiger partial charge in [0, 0.05) is 21.5 Å². The first kappa shape index (κ1) is 11.7. The summed E-state index contributed by atoms with van der Waals surface area (Å²) in [5.41, 5.74) is 7.02. The molecule has 5 heteroatoms. The zero-order chi connectivity index (χ0) is 11.7. The highest BCUT2D eigenvalue weighted by atomic mass is 79.9. The van der Waals surface area contributed by atoms with Crippen molar-refractivity contribution in [1.29, 1.82) is 0 Å². The van der Waals surface area contributed by atoms with Crippen molar-refractivity contribution in [1.82, 2.24) is 0 Å². The van der Waals surface area contributed by atoms with Crippen LogP contribution in [0.2, 0.25) is 0 Å². The minimum atomic E-state index is -0.620. The summed E-state index contributed by atoms with van der Waals surface area (Å²) in [6, 6.07) is 2.84. The molecule has 16 heavy (non-hydrogen) atoms. The van der Waals surface area contributed by atoms with Gasteiger partial charge in [-0.3, -0.25) is 0 Å². The number of benzene rings is 1. The van der Waals surface area contributed by atoms with Gasteiger partial charge in [-0.1, -0.05) is 6.07 Å². The van der Waals surface area contributed by atoms with Gasteiger partial charge < -0.3 is 5.73 Å². The van der Waals surface area contributed by atoms with Crippen LogP contribution in [0.4, 0.5) is 8.78 Å². The zero-order valence-electron chi connectivity index (χ0n) is 8.08. The molecular formula is C11H8BrF2NS. The Hall–Kier alpha value is -0.780. The van der Waals surface area contributed by atoms with Crippen LogP contribution in [0.25, 0.3) is 0 Å². The fourth-order valence-corrected chi connectivity index (χ4v) is 3.01. The summed E-state index contributed by atoms with van der Waals surface area (Å²) in [5.74, 6) is -1.22. The van der Waals surface area contributed by atoms with E-state index in [1.807, 2.05) is 10.8 Å². The number of rotatable bonds is 2. The SMILES string of the molecule is NC(c1ccc(F)cc1F)c1cscc1Br. The Labute approximate surface area is 104 Å². The fraction of sp³-hybridized carbons (Fsp3) is 0.0909. The van der Waals surface area contributed by atoms with Gasteiger partial charge in [-0.2, -0.15) is 11.3 Å². The Morgan fingerprint density at radius 1 is 1.19 bits per heavy atom. The zero-order valence-corrected chi connectivity index (χ0v) is 10.5. The normalized spacial score (nSPS) is 12.8. The van der Waals surface area contributed by atoms with Gasteiger partial charge in [-0.05, 0) is 32.9 Å². The molecule has 0 amide bonds. The van der Waals surface area contributed by atoms with E-state index in [0.29, 0.717) is 5.56 Å². The van der Waals surface area contributed by atoms with Crippen LogP contribution in [-0.4, -0.2) is 0 Å². The first-order valence-corrected chi connectivity index (χ1v) is 6.25. The third kappa shape index (κ3) is 2.16. The molecule has 0 bridgehead atoms. The maximum atomic E-state index is 13.5. The summed E-state index contributed by atoms with van der Waals surface area (Å²) < 4.78 is 27.1. The van der Waals surface area contributed by atoms with E-state index in [1.54, 1.807) is 0 Å². The molecule has 1 aromatic carbocycles. The summed E-state index contributed by atoms with van der Waals surface area (Å²) in [4.78, 5) is 0. The Bertz CT molecular complexity index is 512. The lowest BCUT2D eigenvalue weighted by molar-refractivity contribution is 0.566. The second-order valence-corrected chi connectivity index (χ2v) is 4.92. The lowest BCUT2D eigenvalue weighted by atomic mass is 10.0. The molecule has 1 aromatic heterocycles. The van der Waals surface area contributed by atoms with Crippen molar-refractivity contribution < 1.29 is 8.78 Å². The molecule has 0 radical (unpaired) electrons. The van der Waals surface area contributed by atoms with Crippen LogP contribution < -0.4 is 5.73 Å². The molecule has 2 rings (SSSR count). The van der Waals surface area contributed by atoms with Crippen LogP contribution in [0.5, 0.6) is 0 Å². The van der Waals surface area contributed by atoms with E-state index in [1.165, 1.54) is 23.5 Å². The first-order chi connectivity index (χ1) is 7.59. The van der Waals surface area contributed by atoms with Gasteiger partial charge in [-0.15, -0.1) is 0 Å². The van der Waals surface area contributed by atoms with Gasteiger partial charge in [-0.25, -0.2) is 8.78 Å². The van der Waals surface area contributed by atoms with Crippen LogP contribution in [-0.2, 0) is 0 Å². The lowest BCUT2D eigenvalue weighted by Crippen LogP contribution is -2.13. The minimum absolute atomic E-state index is 0.292. The first-order valence-electron chi connectivity index (χ1n) is 4.51. The van der Waals surface area contributed by atoms with Crippen molar-refractivity contribution in [3.63, 3.8) is 0 Å². The molecule has 1 unspecified atom stereocenters. The van der Waals surface area contributed by atoms with Crippen LogP contribution >= 0.6 is 27.3 Å². The fourth-order valence-electron chi connectivity index (χ4n) is 1.43. The molecular weight excluding hydrogens is 296 g/mol. The highest BCUT2D eigenvalue weighted by molar-refractivity contribution is 9.10. The van der Waals surface area contributed by atoms with Crippen LogP contribution in [0, 0.1) is 11.6 Å². The van der Waals surface area contributed by atoms with E-state index in [-0.39, 0.29) is 0 Å². The Morgan fingerprint density at radius 2 is 1.94 bits per heavy atom. The van der Waals surface area contributed by atoms with Crippen molar-refractivity contribution in [2.75, 3.05) is 0 Å². The van der Waals surface area contributed by atoms with Crippen molar-refractivity contribution in [2.45, 2.75) is 6.04 Å². The van der Waals surface area contributed by atoms with Crippen molar-refractivity contribution in [2.24, 2.45) is 5.73 Å². The van der Waals surface area contributed by atoms with Gasteiger partial charge in [0.1, 0.15) is 11.6 Å². The minimum Gasteiger partial charge on any atom is -0.320 e. The van der Waals surface area contributed by atoms with E-state index in [4.69, 9.17) is 5.73 Å². The molecule has 1 heterocycles. The molecule has 0 aliphatic heterocycles. The van der Waals surface area contributed by atoms with Gasteiger partial charge in [0.2, 0.25) is 0 Å². The summed E-state index contributed by atoms with van der Waals surface area (Å²) in [6.45, 7) is 0. The van der Waals surface area contributed by atoms with Crippen LogP contribution in [0.3, 0.4) is 0 Å². The largest absolute Gasteiger partial charge is 0.320 e. The Kier molecular flexibility index (Phi) is 3.37. The van der Waals surface area contributed by atoms with Crippen molar-refractivity contribution in [3.05, 3.63) is 56.2 Å². The molecule has 84 valence electrons. The standard InChI is InChI=1S/C11H8BrF2NS/c12-9-5-16-4-8(9)11(15)7-2-1-6(13)3-10(7)14/h1-5,11H,15H2. The highest BCUT2D eigenvalue weighted by Gasteiger charge is 2.17. The average Bonchev–Trinajstić information content (AvgIpc) is 2.63. The summed E-state index contributed by atoms with van der Waals surface area (Å²) in [5, 5.41) is 3.72. The molecule has 0 aliphatic carbocycles. The quantitative estimate of drug-likeness (QED) is 0.896. The smallest absolute Gasteiger partial charge is 0.131 e. The molecule has 2 aromatic rings. The molecule has 1 nitrogen and oxygen atoms in total. The summed E-state index contributed by atoms with van der Waals surface area (Å²) in [6.07, 6.45) is 0. The number of hydrogen-bond donors (Lipinski definition) is 1. The van der Waals surface area contributed by atoms with E-state index < -0.39 is 17.7 Å². The topological polar surface area (TPSA) is 26.0 Å². The van der Waals surface area contributed by atoms with Crippen LogP contribution in [0.15, 0.2) is 33.4 Å². The number of thiophene rings is 1. The Balaban J connectivity index is 2.41. The van der Waals surface area contributed by atoms with Gasteiger partial charge in [0.15, 0.2) is 0 Å². The predicted molar refractivity (Wildman–Crippen MR) is 64.4 cm³/mol. The third-order valence-corrected chi connectivity index (χ3v) is 4.03. The Morgan fingerprint density at radius 3 is 2.50 bits per heavy atom. The predicted octanol–water partition coefficient (Wildman–Crippen LogP) is 3.84. The summed E-state index contributed by atoms with van der Waals surface area (Å²) >= 11 is 4.81. The number of hydrogen-bond acceptors (Lipinski definition) is 2. The number of halogens is 3. The van der Waals surface area contributed by atoms with Gasteiger partial charge in [0.25, 0.3) is 0 Å². The molecule has 0 saturated heterocycles. The second-order valence-electron chi connectivity index (χ2n) is 3.32. The molecule has 0 aliphatic rings. The molecule has 0 fully saturated rings. The maximum absolute atomic E-state index is 13.5.